The van der Waals surface area contributed by atoms with Crippen LogP contribution in [0, 0.1) is 62.1 Å². The summed E-state index contributed by atoms with van der Waals surface area (Å²) in [5.74, 6) is 3.16. The molecule has 0 spiro atoms. The molecule has 308 valence electrons. The van der Waals surface area contributed by atoms with Gasteiger partial charge in [0.05, 0.1) is 11.8 Å². The Bertz CT molecular complexity index is 1850. The van der Waals surface area contributed by atoms with E-state index >= 15 is 0 Å². The van der Waals surface area contributed by atoms with Gasteiger partial charge in [-0.2, -0.15) is 0 Å². The summed E-state index contributed by atoms with van der Waals surface area (Å²) in [6.07, 6.45) is 15.3. The van der Waals surface area contributed by atoms with E-state index < -0.39 is 11.0 Å². The van der Waals surface area contributed by atoms with Crippen molar-refractivity contribution >= 4 is 29.3 Å². The van der Waals surface area contributed by atoms with Crippen LogP contribution in [0.4, 0.5) is 0 Å². The Balaban J connectivity index is 1.04. The van der Waals surface area contributed by atoms with Crippen LogP contribution >= 0.6 is 11.6 Å². The second-order valence-corrected chi connectivity index (χ2v) is 23.5. The summed E-state index contributed by atoms with van der Waals surface area (Å²) in [6.45, 7) is 26.9. The van der Waals surface area contributed by atoms with Crippen LogP contribution < -0.4 is 0 Å². The van der Waals surface area contributed by atoms with E-state index in [1.807, 2.05) is 38.5 Å². The number of hydrogen-bond acceptors (Lipinski definition) is 5. The fourth-order valence-corrected chi connectivity index (χ4v) is 15.1. The molecular weight excluding hydrogens is 716 g/mol. The first-order valence-corrected chi connectivity index (χ1v) is 22.7. The maximum absolute atomic E-state index is 13.6. The molecule has 0 saturated heterocycles. The highest BCUT2D eigenvalue weighted by Gasteiger charge is 2.77. The minimum atomic E-state index is -0.945. The third-order valence-corrected chi connectivity index (χ3v) is 18.2. The van der Waals surface area contributed by atoms with Crippen molar-refractivity contribution in [3.8, 4) is 0 Å². The number of fused-ring (bicyclic) bond motifs is 9. The summed E-state index contributed by atoms with van der Waals surface area (Å²) in [4.78, 5) is 26.6. The Labute approximate surface area is 343 Å². The van der Waals surface area contributed by atoms with Crippen LogP contribution in [-0.4, -0.2) is 29.2 Å². The summed E-state index contributed by atoms with van der Waals surface area (Å²) in [5.41, 5.74) is 3.69. The number of ether oxygens (including phenoxy) is 3. The van der Waals surface area contributed by atoms with E-state index in [9.17, 15) is 9.59 Å². The van der Waals surface area contributed by atoms with Crippen molar-refractivity contribution in [1.29, 1.82) is 0 Å². The van der Waals surface area contributed by atoms with E-state index in [1.54, 1.807) is 19.4 Å². The van der Waals surface area contributed by atoms with Gasteiger partial charge in [0.25, 0.3) is 0 Å². The first kappa shape index (κ1) is 40.5. The maximum Gasteiger partial charge on any atom is 0.312 e. The second kappa shape index (κ2) is 12.9. The molecule has 8 rings (SSSR count). The zero-order chi connectivity index (χ0) is 40.6. The first-order valence-electron chi connectivity index (χ1n) is 22.3. The molecule has 0 radical (unpaired) electrons. The lowest BCUT2D eigenvalue weighted by Gasteiger charge is -2.72. The Morgan fingerprint density at radius 2 is 1.55 bits per heavy atom. The molecule has 56 heavy (non-hydrogen) atoms. The molecule has 1 heterocycles. The smallest absolute Gasteiger partial charge is 0.312 e. The minimum Gasteiger partial charge on any atom is -0.485 e. The number of benzene rings is 1. The maximum atomic E-state index is 13.6. The lowest BCUT2D eigenvalue weighted by molar-refractivity contribution is -0.235. The number of hydrogen-bond donors (Lipinski definition) is 0. The zero-order valence-electron chi connectivity index (χ0n) is 36.8. The SMILES string of the molecule is CC(C)C1=C2[C@H]3CC[C@@H]4[C@@]5(C)CC[C@H](OC(=O)CC(C)(C)C(=O)OC(C)(C)C)C(C)(C)C5CC[C@@]4(C)[C@]3(C)CC[C@@]2(C23C[C@H]2C=C(c2ccc(Cl)cc2)O3)CC1. The zero-order valence-corrected chi connectivity index (χ0v) is 37.5. The van der Waals surface area contributed by atoms with Crippen molar-refractivity contribution in [2.45, 2.75) is 177 Å². The minimum absolute atomic E-state index is 0.0259. The van der Waals surface area contributed by atoms with E-state index in [-0.39, 0.29) is 57.1 Å². The molecule has 2 unspecified atom stereocenters. The Morgan fingerprint density at radius 3 is 2.21 bits per heavy atom. The predicted molar refractivity (Wildman–Crippen MR) is 225 cm³/mol. The van der Waals surface area contributed by atoms with Crippen LogP contribution in [0.3, 0.4) is 0 Å². The molecular formula is C50H71ClO5. The van der Waals surface area contributed by atoms with Crippen molar-refractivity contribution < 1.29 is 23.8 Å². The van der Waals surface area contributed by atoms with Crippen LogP contribution in [0.2, 0.25) is 5.02 Å². The summed E-state index contributed by atoms with van der Waals surface area (Å²) < 4.78 is 19.4. The molecule has 0 bridgehead atoms. The molecule has 6 heteroatoms. The predicted octanol–water partition coefficient (Wildman–Crippen LogP) is 12.9. The topological polar surface area (TPSA) is 61.8 Å². The number of esters is 2. The molecule has 0 aromatic heterocycles. The second-order valence-electron chi connectivity index (χ2n) is 23.0. The molecule has 1 aromatic carbocycles. The van der Waals surface area contributed by atoms with Gasteiger partial charge in [-0.25, -0.2) is 0 Å². The quantitative estimate of drug-likeness (QED) is 0.203. The van der Waals surface area contributed by atoms with Crippen molar-refractivity contribution in [2.24, 2.45) is 62.1 Å². The van der Waals surface area contributed by atoms with Crippen LogP contribution in [-0.2, 0) is 23.8 Å². The molecule has 7 aliphatic rings. The van der Waals surface area contributed by atoms with Gasteiger partial charge in [-0.15, -0.1) is 0 Å². The molecule has 10 atom stereocenters. The largest absolute Gasteiger partial charge is 0.485 e. The van der Waals surface area contributed by atoms with Crippen molar-refractivity contribution in [3.05, 3.63) is 52.1 Å². The monoisotopic (exact) mass is 786 g/mol. The van der Waals surface area contributed by atoms with Crippen molar-refractivity contribution in [3.63, 3.8) is 0 Å². The molecule has 1 aromatic rings. The number of allylic oxidation sites excluding steroid dienone is 1. The van der Waals surface area contributed by atoms with Crippen LogP contribution in [0.5, 0.6) is 0 Å². The number of carbonyl (C=O) groups is 2. The fourth-order valence-electron chi connectivity index (χ4n) is 15.0. The van der Waals surface area contributed by atoms with Crippen LogP contribution in [0.1, 0.15) is 166 Å². The highest BCUT2D eigenvalue weighted by Crippen LogP contribution is 2.81. The van der Waals surface area contributed by atoms with Gasteiger partial charge >= 0.3 is 11.9 Å². The van der Waals surface area contributed by atoms with Gasteiger partial charge in [0.15, 0.2) is 0 Å². The van der Waals surface area contributed by atoms with Gasteiger partial charge in [-0.05, 0) is 176 Å². The van der Waals surface area contributed by atoms with E-state index in [4.69, 9.17) is 25.8 Å². The third-order valence-electron chi connectivity index (χ3n) is 18.0. The summed E-state index contributed by atoms with van der Waals surface area (Å²) in [7, 11) is 0. The first-order chi connectivity index (χ1) is 25.9. The van der Waals surface area contributed by atoms with E-state index in [1.165, 1.54) is 51.4 Å². The lowest BCUT2D eigenvalue weighted by atomic mass is 9.32. The summed E-state index contributed by atoms with van der Waals surface area (Å²) >= 11 is 6.29. The van der Waals surface area contributed by atoms with Gasteiger partial charge in [0.1, 0.15) is 23.1 Å². The number of rotatable bonds is 7. The Hall–Kier alpha value is -2.27. The third kappa shape index (κ3) is 5.78. The number of carbonyl (C=O) groups excluding carboxylic acids is 2. The van der Waals surface area contributed by atoms with Gasteiger partial charge in [0.2, 0.25) is 0 Å². The van der Waals surface area contributed by atoms with Gasteiger partial charge in [0, 0.05) is 27.3 Å². The van der Waals surface area contributed by atoms with Crippen LogP contribution in [0.15, 0.2) is 41.5 Å². The Morgan fingerprint density at radius 1 is 0.857 bits per heavy atom. The number of halogens is 1. The van der Waals surface area contributed by atoms with Crippen molar-refractivity contribution in [1.82, 2.24) is 0 Å². The summed E-state index contributed by atoms with van der Waals surface area (Å²) in [6, 6.07) is 8.23. The molecule has 5 fully saturated rings. The van der Waals surface area contributed by atoms with Crippen LogP contribution in [0.25, 0.3) is 5.76 Å². The average molecular weight is 788 g/mol. The normalized spacial score (nSPS) is 41.0. The van der Waals surface area contributed by atoms with Gasteiger partial charge < -0.3 is 14.2 Å². The highest BCUT2D eigenvalue weighted by molar-refractivity contribution is 6.30. The molecule has 0 N–H and O–H groups in total. The van der Waals surface area contributed by atoms with E-state index in [0.717, 1.165) is 35.6 Å². The summed E-state index contributed by atoms with van der Waals surface area (Å²) in [5, 5.41) is 0.767. The fraction of sp³-hybridized carbons (Fsp3) is 0.760. The van der Waals surface area contributed by atoms with E-state index in [2.05, 4.69) is 66.7 Å². The molecule has 0 amide bonds. The molecule has 6 aliphatic carbocycles. The van der Waals surface area contributed by atoms with Gasteiger partial charge in [-0.3, -0.25) is 9.59 Å². The Kier molecular flexibility index (Phi) is 9.31. The molecule has 5 nitrogen and oxygen atoms in total. The highest BCUT2D eigenvalue weighted by atomic mass is 35.5. The van der Waals surface area contributed by atoms with E-state index in [0.29, 0.717) is 29.6 Å². The standard InChI is InChI=1S/C50H71ClO5/c1-30(2)34-19-24-49(50-28-32(50)27-36(55-50)31-13-15-33(51)16-14-31)26-25-47(11)35(41(34)49)17-18-38-46(10)22-21-39(45(8,9)37(46)20-23-48(38,47)12)54-40(52)29-44(6,7)42(53)56-43(3,4)5/h13-16,27,30,32,35,37-39H,17-26,28-29H2,1-12H3/t32-,35-,37?,38-,39+,46+,47-,48-,49+,50?/m1/s1. The molecule has 1 aliphatic heterocycles. The lowest BCUT2D eigenvalue weighted by Crippen LogP contribution is -2.66. The molecule has 5 saturated carbocycles. The van der Waals surface area contributed by atoms with Crippen molar-refractivity contribution in [2.75, 3.05) is 0 Å². The van der Waals surface area contributed by atoms with Gasteiger partial charge in [-0.1, -0.05) is 71.2 Å². The average Bonchev–Trinajstić information content (AvgIpc) is 3.43.